The third-order valence-corrected chi connectivity index (χ3v) is 20.3. The van der Waals surface area contributed by atoms with Gasteiger partial charge >= 0.3 is 0 Å². The standard InChI is InChI=1S/C90H64N2/c1-10-54-90(55-11-1)82-58-72(66-42-34-62(35-43-66)28-26-60-30-38-64(39-31-60)70-48-52-88-80(56-70)78-20-6-8-22-86(78)91(88)84-24-12-16-68-14-2-4-18-74(68)84)46-50-76(82)77-51-47-73(59-83(77)90)67-44-36-63(37-45-67)29-27-61-32-40-65(41-33-61)71-49-53-89-81(57-71)79-21-7-9-23-87(79)92(89)85-25-13-17-69-15-3-5-19-75(69)85/h2-9,12-53,56-59H,1,10-11,54-55H2. The Hall–Kier alpha value is -11.3. The van der Waals surface area contributed by atoms with E-state index in [-0.39, 0.29) is 5.41 Å². The highest BCUT2D eigenvalue weighted by atomic mass is 15.0. The van der Waals surface area contributed by atoms with Crippen LogP contribution in [-0.4, -0.2) is 9.13 Å². The molecule has 1 spiro atoms. The third kappa shape index (κ3) is 9.08. The van der Waals surface area contributed by atoms with Crippen LogP contribution in [0, 0.1) is 0 Å². The molecule has 2 heteroatoms. The highest BCUT2D eigenvalue weighted by Crippen LogP contribution is 2.57. The van der Waals surface area contributed by atoms with Gasteiger partial charge in [0, 0.05) is 37.7 Å². The summed E-state index contributed by atoms with van der Waals surface area (Å²) in [5, 5.41) is 10.0. The normalized spacial score (nSPS) is 13.7. The van der Waals surface area contributed by atoms with Crippen molar-refractivity contribution < 1.29 is 0 Å². The van der Waals surface area contributed by atoms with E-state index in [9.17, 15) is 0 Å². The van der Waals surface area contributed by atoms with Gasteiger partial charge in [-0.2, -0.15) is 0 Å². The maximum Gasteiger partial charge on any atom is 0.0541 e. The lowest BCUT2D eigenvalue weighted by Gasteiger charge is -2.36. The molecule has 434 valence electrons. The molecule has 0 bridgehead atoms. The predicted molar refractivity (Wildman–Crippen MR) is 392 cm³/mol. The molecule has 0 atom stereocenters. The quantitative estimate of drug-likeness (QED) is 0.121. The Morgan fingerprint density at radius 1 is 0.239 bits per heavy atom. The second kappa shape index (κ2) is 22.0. The van der Waals surface area contributed by atoms with Crippen molar-refractivity contribution in [1.82, 2.24) is 9.13 Å². The molecule has 0 amide bonds. The molecule has 0 unspecified atom stereocenters. The molecule has 16 aromatic rings. The minimum Gasteiger partial charge on any atom is -0.309 e. The molecule has 2 aliphatic rings. The van der Waals surface area contributed by atoms with Crippen molar-refractivity contribution in [2.75, 3.05) is 0 Å². The van der Waals surface area contributed by atoms with Crippen molar-refractivity contribution in [2.24, 2.45) is 0 Å². The first-order valence-electron chi connectivity index (χ1n) is 32.7. The molecule has 0 saturated heterocycles. The van der Waals surface area contributed by atoms with Crippen LogP contribution >= 0.6 is 0 Å². The van der Waals surface area contributed by atoms with E-state index in [0.29, 0.717) is 0 Å². The van der Waals surface area contributed by atoms with Gasteiger partial charge in [-0.25, -0.2) is 0 Å². The molecule has 92 heavy (non-hydrogen) atoms. The number of benzene rings is 14. The second-order valence-corrected chi connectivity index (χ2v) is 25.5. The maximum absolute atomic E-state index is 2.54. The van der Waals surface area contributed by atoms with Gasteiger partial charge in [-0.05, 0) is 173 Å². The second-order valence-electron chi connectivity index (χ2n) is 25.5. The van der Waals surface area contributed by atoms with Crippen molar-refractivity contribution in [3.63, 3.8) is 0 Å². The summed E-state index contributed by atoms with van der Waals surface area (Å²) in [6.07, 6.45) is 15.1. The summed E-state index contributed by atoms with van der Waals surface area (Å²) < 4.78 is 4.86. The van der Waals surface area contributed by atoms with E-state index in [0.717, 1.165) is 0 Å². The Bertz CT molecular complexity index is 5270. The number of fused-ring (bicyclic) bond motifs is 13. The van der Waals surface area contributed by atoms with Gasteiger partial charge in [0.25, 0.3) is 0 Å². The van der Waals surface area contributed by atoms with Crippen LogP contribution in [0.1, 0.15) is 65.5 Å². The van der Waals surface area contributed by atoms with Gasteiger partial charge in [-0.15, -0.1) is 0 Å². The lowest BCUT2D eigenvalue weighted by molar-refractivity contribution is 0.353. The fraction of sp³-hybridized carbons (Fsp3) is 0.0667. The number of rotatable bonds is 10. The van der Waals surface area contributed by atoms with Gasteiger partial charge < -0.3 is 9.13 Å². The maximum atomic E-state index is 2.54. The SMILES string of the molecule is C(=Cc1ccc(-c2ccc3c(c2)c2ccccc2n3-c2cccc3ccccc23)cc1)c1ccc(-c2ccc3c(c2)C2(CCCCC2)c2cc(-c4ccc(C=Cc5ccc(-c6ccc7c(c6)c6ccccc6n7-c6cccc7ccccc67)cc5)cc4)ccc2-3)cc1. The summed E-state index contributed by atoms with van der Waals surface area (Å²) in [6, 6.07) is 113. The molecule has 0 radical (unpaired) electrons. The number of para-hydroxylation sites is 2. The molecule has 14 aromatic carbocycles. The van der Waals surface area contributed by atoms with E-state index in [2.05, 4.69) is 337 Å². The van der Waals surface area contributed by atoms with E-state index in [4.69, 9.17) is 0 Å². The van der Waals surface area contributed by atoms with Crippen LogP contribution in [0.15, 0.2) is 303 Å². The van der Waals surface area contributed by atoms with Gasteiger partial charge in [0.15, 0.2) is 0 Å². The number of nitrogens with zero attached hydrogens (tertiary/aromatic N) is 2. The van der Waals surface area contributed by atoms with Gasteiger partial charge in [-0.3, -0.25) is 0 Å². The zero-order chi connectivity index (χ0) is 60.7. The molecular weight excluding hydrogens is 1110 g/mol. The van der Waals surface area contributed by atoms with Crippen LogP contribution < -0.4 is 0 Å². The Morgan fingerprint density at radius 2 is 0.554 bits per heavy atom. The van der Waals surface area contributed by atoms with Crippen molar-refractivity contribution >= 4 is 89.5 Å². The van der Waals surface area contributed by atoms with Crippen molar-refractivity contribution in [3.8, 4) is 67.0 Å². The van der Waals surface area contributed by atoms with Gasteiger partial charge in [0.05, 0.1) is 33.4 Å². The lowest BCUT2D eigenvalue weighted by atomic mass is 9.67. The number of hydrogen-bond acceptors (Lipinski definition) is 0. The molecule has 0 N–H and O–H groups in total. The molecular formula is C90H64N2. The Morgan fingerprint density at radius 3 is 0.957 bits per heavy atom. The van der Waals surface area contributed by atoms with Crippen LogP contribution in [-0.2, 0) is 5.41 Å². The highest BCUT2D eigenvalue weighted by molar-refractivity contribution is 6.13. The van der Waals surface area contributed by atoms with E-state index >= 15 is 0 Å². The molecule has 2 aromatic heterocycles. The van der Waals surface area contributed by atoms with E-state index in [1.54, 1.807) is 0 Å². The number of hydrogen-bond donors (Lipinski definition) is 0. The largest absolute Gasteiger partial charge is 0.309 e. The van der Waals surface area contributed by atoms with E-state index in [1.165, 1.54) is 198 Å². The Kier molecular flexibility index (Phi) is 12.8. The Labute approximate surface area is 536 Å². The fourth-order valence-electron chi connectivity index (χ4n) is 15.7. The van der Waals surface area contributed by atoms with Gasteiger partial charge in [0.2, 0.25) is 0 Å². The zero-order valence-corrected chi connectivity index (χ0v) is 51.1. The summed E-state index contributed by atoms with van der Waals surface area (Å²) in [5.74, 6) is 0. The average molecular weight is 1170 g/mol. The molecule has 1 fully saturated rings. The molecule has 2 heterocycles. The molecule has 2 nitrogen and oxygen atoms in total. The topological polar surface area (TPSA) is 9.86 Å². The summed E-state index contributed by atoms with van der Waals surface area (Å²) in [5.41, 5.74) is 27.8. The van der Waals surface area contributed by atoms with Crippen LogP contribution in [0.3, 0.4) is 0 Å². The number of aromatic nitrogens is 2. The predicted octanol–water partition coefficient (Wildman–Crippen LogP) is 24.4. The van der Waals surface area contributed by atoms with Crippen LogP contribution in [0.4, 0.5) is 0 Å². The first kappa shape index (κ1) is 53.7. The molecule has 18 rings (SSSR count). The molecule has 1 saturated carbocycles. The van der Waals surface area contributed by atoms with E-state index < -0.39 is 0 Å². The summed E-state index contributed by atoms with van der Waals surface area (Å²) in [6.45, 7) is 0. The lowest BCUT2D eigenvalue weighted by Crippen LogP contribution is -2.28. The fourth-order valence-corrected chi connectivity index (χ4v) is 15.7. The average Bonchev–Trinajstić information content (AvgIpc) is 1.58. The zero-order valence-electron chi connectivity index (χ0n) is 51.1. The first-order chi connectivity index (χ1) is 45.5. The van der Waals surface area contributed by atoms with Crippen LogP contribution in [0.25, 0.3) is 156 Å². The molecule has 2 aliphatic carbocycles. The van der Waals surface area contributed by atoms with Crippen LogP contribution in [0.5, 0.6) is 0 Å². The van der Waals surface area contributed by atoms with Crippen molar-refractivity contribution in [1.29, 1.82) is 0 Å². The smallest absolute Gasteiger partial charge is 0.0541 e. The van der Waals surface area contributed by atoms with Crippen molar-refractivity contribution in [2.45, 2.75) is 37.5 Å². The minimum atomic E-state index is 0.0297. The van der Waals surface area contributed by atoms with E-state index in [1.807, 2.05) is 0 Å². The third-order valence-electron chi connectivity index (χ3n) is 20.3. The molecule has 0 aliphatic heterocycles. The van der Waals surface area contributed by atoms with Crippen molar-refractivity contribution in [3.05, 3.63) is 337 Å². The van der Waals surface area contributed by atoms with Gasteiger partial charge in [-0.1, -0.05) is 286 Å². The summed E-state index contributed by atoms with van der Waals surface area (Å²) in [4.78, 5) is 0. The highest BCUT2D eigenvalue weighted by Gasteiger charge is 2.44. The van der Waals surface area contributed by atoms with Gasteiger partial charge in [0.1, 0.15) is 0 Å². The monoisotopic (exact) mass is 1170 g/mol. The first-order valence-corrected chi connectivity index (χ1v) is 32.7. The summed E-state index contributed by atoms with van der Waals surface area (Å²) in [7, 11) is 0. The summed E-state index contributed by atoms with van der Waals surface area (Å²) >= 11 is 0. The minimum absolute atomic E-state index is 0.0297. The van der Waals surface area contributed by atoms with Crippen LogP contribution in [0.2, 0.25) is 0 Å². The Balaban J connectivity index is 0.555.